The van der Waals surface area contributed by atoms with Crippen LogP contribution >= 0.6 is 0 Å². The lowest BCUT2D eigenvalue weighted by molar-refractivity contribution is 0.122. The Hall–Kier alpha value is -3.58. The summed E-state index contributed by atoms with van der Waals surface area (Å²) in [6, 6.07) is 17.1. The number of fused-ring (bicyclic) bond motifs is 2. The Morgan fingerprint density at radius 3 is 2.71 bits per heavy atom. The Kier molecular flexibility index (Phi) is 4.46. The van der Waals surface area contributed by atoms with E-state index in [4.69, 9.17) is 9.72 Å². The van der Waals surface area contributed by atoms with Crippen molar-refractivity contribution >= 4 is 28.5 Å². The van der Waals surface area contributed by atoms with E-state index in [2.05, 4.69) is 75.2 Å². The van der Waals surface area contributed by atoms with Gasteiger partial charge in [-0.3, -0.25) is 0 Å². The number of imidazole rings is 1. The first-order chi connectivity index (χ1) is 15.3. The van der Waals surface area contributed by atoms with Gasteiger partial charge in [-0.1, -0.05) is 18.2 Å². The maximum atomic E-state index is 5.45. The molecule has 1 atom stereocenters. The molecule has 31 heavy (non-hydrogen) atoms. The molecule has 2 aliphatic heterocycles. The van der Waals surface area contributed by atoms with Crippen molar-refractivity contribution in [2.75, 3.05) is 41.8 Å². The number of nitrogens with zero attached hydrogens (tertiary/aromatic N) is 4. The van der Waals surface area contributed by atoms with Crippen LogP contribution in [0.2, 0.25) is 0 Å². The van der Waals surface area contributed by atoms with Crippen molar-refractivity contribution in [1.82, 2.24) is 14.4 Å². The van der Waals surface area contributed by atoms with Gasteiger partial charge in [0, 0.05) is 55.2 Å². The molecule has 2 aromatic heterocycles. The summed E-state index contributed by atoms with van der Waals surface area (Å²) in [5.74, 6) is 0.763. The Morgan fingerprint density at radius 2 is 1.87 bits per heavy atom. The molecular formula is C24H24N6O. The van der Waals surface area contributed by atoms with Crippen LogP contribution in [0.1, 0.15) is 17.3 Å². The number of para-hydroxylation sites is 1. The number of benzene rings is 2. The van der Waals surface area contributed by atoms with E-state index in [1.165, 1.54) is 16.9 Å². The zero-order chi connectivity index (χ0) is 20.6. The third-order valence-electron chi connectivity index (χ3n) is 6.03. The molecule has 0 bridgehead atoms. The first-order valence-corrected chi connectivity index (χ1v) is 10.7. The van der Waals surface area contributed by atoms with E-state index < -0.39 is 0 Å². The number of morpholine rings is 1. The highest BCUT2D eigenvalue weighted by atomic mass is 16.5. The molecule has 0 radical (unpaired) electrons. The van der Waals surface area contributed by atoms with Crippen molar-refractivity contribution < 1.29 is 4.74 Å². The van der Waals surface area contributed by atoms with E-state index in [-0.39, 0.29) is 6.04 Å². The van der Waals surface area contributed by atoms with Crippen molar-refractivity contribution in [3.63, 3.8) is 0 Å². The Morgan fingerprint density at radius 1 is 1.03 bits per heavy atom. The minimum absolute atomic E-state index is 0.147. The number of rotatable bonds is 4. The van der Waals surface area contributed by atoms with E-state index in [0.717, 1.165) is 55.6 Å². The summed E-state index contributed by atoms with van der Waals surface area (Å²) in [5, 5.41) is 7.09. The predicted molar refractivity (Wildman–Crippen MR) is 122 cm³/mol. The van der Waals surface area contributed by atoms with Gasteiger partial charge in [0.25, 0.3) is 0 Å². The molecule has 0 aliphatic carbocycles. The zero-order valence-electron chi connectivity index (χ0n) is 17.2. The van der Waals surface area contributed by atoms with Crippen molar-refractivity contribution in [2.45, 2.75) is 12.5 Å². The van der Waals surface area contributed by atoms with Gasteiger partial charge in [0.05, 0.1) is 24.9 Å². The van der Waals surface area contributed by atoms with Crippen molar-refractivity contribution in [3.05, 3.63) is 78.4 Å². The van der Waals surface area contributed by atoms with E-state index in [9.17, 15) is 0 Å². The van der Waals surface area contributed by atoms with Gasteiger partial charge in [-0.15, -0.1) is 0 Å². The van der Waals surface area contributed by atoms with Crippen LogP contribution in [0.4, 0.5) is 22.9 Å². The van der Waals surface area contributed by atoms with Crippen LogP contribution in [0.5, 0.6) is 0 Å². The third-order valence-corrected chi connectivity index (χ3v) is 6.03. The highest BCUT2D eigenvalue weighted by Crippen LogP contribution is 2.34. The van der Waals surface area contributed by atoms with Gasteiger partial charge in [-0.2, -0.15) is 0 Å². The molecule has 0 amide bonds. The number of anilines is 4. The summed E-state index contributed by atoms with van der Waals surface area (Å²) in [4.78, 5) is 11.8. The highest BCUT2D eigenvalue weighted by molar-refractivity contribution is 5.71. The smallest absolute Gasteiger partial charge is 0.180 e. The second-order valence-corrected chi connectivity index (χ2v) is 8.00. The van der Waals surface area contributed by atoms with Gasteiger partial charge in [0.1, 0.15) is 0 Å². The predicted octanol–water partition coefficient (Wildman–Crippen LogP) is 4.02. The maximum absolute atomic E-state index is 5.45. The topological polar surface area (TPSA) is 66.7 Å². The van der Waals surface area contributed by atoms with Crippen molar-refractivity contribution in [1.29, 1.82) is 0 Å². The van der Waals surface area contributed by atoms with Crippen LogP contribution < -0.4 is 15.5 Å². The normalized spacial score (nSPS) is 18.1. The summed E-state index contributed by atoms with van der Waals surface area (Å²) in [7, 11) is 0. The highest BCUT2D eigenvalue weighted by Gasteiger charge is 2.24. The van der Waals surface area contributed by atoms with Gasteiger partial charge >= 0.3 is 0 Å². The molecule has 2 aliphatic rings. The minimum Gasteiger partial charge on any atom is -0.378 e. The van der Waals surface area contributed by atoms with Crippen LogP contribution in [-0.2, 0) is 11.2 Å². The van der Waals surface area contributed by atoms with E-state index in [1.807, 2.05) is 16.8 Å². The Bertz CT molecular complexity index is 1190. The fraction of sp³-hybridized carbons (Fsp3) is 0.250. The number of ether oxygens (including phenoxy) is 1. The van der Waals surface area contributed by atoms with E-state index >= 15 is 0 Å². The molecule has 1 unspecified atom stereocenters. The number of hydrogen-bond acceptors (Lipinski definition) is 6. The fourth-order valence-electron chi connectivity index (χ4n) is 4.39. The van der Waals surface area contributed by atoms with E-state index in [1.54, 1.807) is 0 Å². The lowest BCUT2D eigenvalue weighted by Crippen LogP contribution is -2.36. The molecule has 0 spiro atoms. The third kappa shape index (κ3) is 3.47. The number of hydrogen-bond donors (Lipinski definition) is 2. The van der Waals surface area contributed by atoms with Crippen LogP contribution in [0.3, 0.4) is 0 Å². The molecule has 2 aromatic carbocycles. The first-order valence-electron chi connectivity index (χ1n) is 10.7. The van der Waals surface area contributed by atoms with Crippen LogP contribution in [0, 0.1) is 0 Å². The largest absolute Gasteiger partial charge is 0.378 e. The average Bonchev–Trinajstić information content (AvgIpc) is 3.47. The fourth-order valence-corrected chi connectivity index (χ4v) is 4.39. The van der Waals surface area contributed by atoms with Gasteiger partial charge in [0.2, 0.25) is 0 Å². The molecule has 4 aromatic rings. The quantitative estimate of drug-likeness (QED) is 0.528. The summed E-state index contributed by atoms with van der Waals surface area (Å²) < 4.78 is 7.49. The summed E-state index contributed by atoms with van der Waals surface area (Å²) in [5.41, 5.74) is 6.54. The molecule has 4 heterocycles. The molecule has 7 heteroatoms. The first kappa shape index (κ1) is 18.2. The second-order valence-electron chi connectivity index (χ2n) is 8.00. The standard InChI is InChI=1S/C24H24N6O/c1-2-4-20-17(3-1)15-21(27-20)22-16-30-10-9-25-24(30)23(28-22)26-18-5-7-19(8-6-18)29-11-13-31-14-12-29/h1-10,16,21,27H,11-15H2,(H,26,28). The zero-order valence-corrected chi connectivity index (χ0v) is 17.2. The Labute approximate surface area is 180 Å². The average molecular weight is 412 g/mol. The maximum Gasteiger partial charge on any atom is 0.180 e. The minimum atomic E-state index is 0.147. The lowest BCUT2D eigenvalue weighted by Gasteiger charge is -2.28. The Balaban J connectivity index is 1.27. The number of nitrogens with one attached hydrogen (secondary N) is 2. The van der Waals surface area contributed by atoms with Crippen molar-refractivity contribution in [3.8, 4) is 0 Å². The molecule has 7 nitrogen and oxygen atoms in total. The second kappa shape index (κ2) is 7.59. The molecule has 0 saturated carbocycles. The summed E-state index contributed by atoms with van der Waals surface area (Å²) in [6.45, 7) is 3.44. The van der Waals surface area contributed by atoms with Crippen LogP contribution in [-0.4, -0.2) is 40.7 Å². The van der Waals surface area contributed by atoms with Gasteiger partial charge in [-0.25, -0.2) is 9.97 Å². The van der Waals surface area contributed by atoms with Gasteiger partial charge in [-0.05, 0) is 35.9 Å². The molecule has 1 saturated heterocycles. The van der Waals surface area contributed by atoms with E-state index in [0.29, 0.717) is 0 Å². The molecule has 2 N–H and O–H groups in total. The summed E-state index contributed by atoms with van der Waals surface area (Å²) in [6.07, 6.45) is 6.77. The van der Waals surface area contributed by atoms with Crippen molar-refractivity contribution in [2.24, 2.45) is 0 Å². The molecule has 156 valence electrons. The van der Waals surface area contributed by atoms with Crippen LogP contribution in [0.15, 0.2) is 67.1 Å². The summed E-state index contributed by atoms with van der Waals surface area (Å²) >= 11 is 0. The SMILES string of the molecule is c1ccc2c(c1)CC(c1cn3ccnc3c(Nc3ccc(N4CCOCC4)cc3)n1)N2. The molecule has 1 fully saturated rings. The monoisotopic (exact) mass is 412 g/mol. The lowest BCUT2D eigenvalue weighted by atomic mass is 10.1. The number of aromatic nitrogens is 3. The van der Waals surface area contributed by atoms with Gasteiger partial charge in [0.15, 0.2) is 11.5 Å². The molecule has 6 rings (SSSR count). The van der Waals surface area contributed by atoms with Gasteiger partial charge < -0.3 is 24.7 Å². The molecular weight excluding hydrogens is 388 g/mol. The van der Waals surface area contributed by atoms with Crippen LogP contribution in [0.25, 0.3) is 5.65 Å².